The highest BCUT2D eigenvalue weighted by Gasteiger charge is 2.36. The smallest absolute Gasteiger partial charge is 0.408 e. The molecule has 40 heavy (non-hydrogen) atoms. The average molecular weight is 545 g/mol. The molecule has 0 aliphatic heterocycles. The van der Waals surface area contributed by atoms with Gasteiger partial charge in [-0.3, -0.25) is 19.3 Å². The molecule has 10 heteroatoms. The number of nitrogens with zero attached hydrogens (tertiary/aromatic N) is 1. The summed E-state index contributed by atoms with van der Waals surface area (Å²) in [6.07, 6.45) is 4.44. The van der Waals surface area contributed by atoms with E-state index in [1.54, 1.807) is 32.9 Å². The van der Waals surface area contributed by atoms with Crippen molar-refractivity contribution in [3.05, 3.63) is 72.3 Å². The number of benzene rings is 3. The van der Waals surface area contributed by atoms with Crippen LogP contribution in [0.25, 0.3) is 10.8 Å². The summed E-state index contributed by atoms with van der Waals surface area (Å²) < 4.78 is 5.26. The van der Waals surface area contributed by atoms with Gasteiger partial charge in [0.25, 0.3) is 11.8 Å². The van der Waals surface area contributed by atoms with Crippen LogP contribution in [0, 0.1) is 12.5 Å². The number of nitrogens with two attached hydrogens (primary N) is 1. The van der Waals surface area contributed by atoms with Gasteiger partial charge in [0.1, 0.15) is 23.4 Å². The number of phenols is 1. The Labute approximate surface area is 232 Å². The van der Waals surface area contributed by atoms with Crippen LogP contribution in [0.15, 0.2) is 66.7 Å². The Bertz CT molecular complexity index is 1440. The number of phenolic OH excluding ortho intramolecular Hbond substituents is 1. The van der Waals surface area contributed by atoms with E-state index in [0.29, 0.717) is 11.3 Å². The van der Waals surface area contributed by atoms with E-state index in [9.17, 15) is 24.3 Å². The fraction of sp³-hybridized carbons (Fsp3) is 0.267. The number of fused-ring (bicyclic) bond motifs is 1. The molecule has 0 bridgehead atoms. The largest absolute Gasteiger partial charge is 0.508 e. The van der Waals surface area contributed by atoms with Crippen LogP contribution in [0.1, 0.15) is 45.2 Å². The highest BCUT2D eigenvalue weighted by Crippen LogP contribution is 2.27. The number of nitrogens with one attached hydrogen (secondary N) is 2. The lowest BCUT2D eigenvalue weighted by atomic mass is 10.0. The number of rotatable bonds is 9. The number of ether oxygens (including phenoxy) is 1. The summed E-state index contributed by atoms with van der Waals surface area (Å²) in [5.74, 6) is -2.22. The van der Waals surface area contributed by atoms with Crippen molar-refractivity contribution >= 4 is 40.3 Å². The fourth-order valence-corrected chi connectivity index (χ4v) is 3.98. The SMILES string of the molecule is C#CN(C(=O)C(CCC(N)=O)NC(=O)OC(C)(C)C)C(C(=O)Nc1ccc2ccccc2c1)c1ccc(O)cc1. The van der Waals surface area contributed by atoms with E-state index in [0.717, 1.165) is 15.7 Å². The Balaban J connectivity index is 1.97. The van der Waals surface area contributed by atoms with E-state index in [1.165, 1.54) is 24.3 Å². The van der Waals surface area contributed by atoms with Crippen LogP contribution in [0.3, 0.4) is 0 Å². The molecule has 0 aliphatic carbocycles. The van der Waals surface area contributed by atoms with Gasteiger partial charge < -0.3 is 26.2 Å². The number of aromatic hydroxyl groups is 1. The molecular weight excluding hydrogens is 512 g/mol. The third-order valence-electron chi connectivity index (χ3n) is 5.78. The van der Waals surface area contributed by atoms with E-state index in [-0.39, 0.29) is 18.6 Å². The van der Waals surface area contributed by atoms with Gasteiger partial charge in [0.2, 0.25) is 5.91 Å². The molecule has 3 aromatic carbocycles. The highest BCUT2D eigenvalue weighted by molar-refractivity contribution is 6.01. The molecule has 0 radical (unpaired) electrons. The second kappa shape index (κ2) is 12.7. The Hall–Kier alpha value is -5.04. The van der Waals surface area contributed by atoms with Gasteiger partial charge in [0, 0.05) is 18.2 Å². The van der Waals surface area contributed by atoms with Crippen molar-refractivity contribution in [2.75, 3.05) is 5.32 Å². The maximum Gasteiger partial charge on any atom is 0.408 e. The Morgan fingerprint density at radius 2 is 1.68 bits per heavy atom. The van der Waals surface area contributed by atoms with Crippen molar-refractivity contribution < 1.29 is 29.0 Å². The molecule has 2 unspecified atom stereocenters. The van der Waals surface area contributed by atoms with Gasteiger partial charge in [-0.25, -0.2) is 4.79 Å². The number of anilines is 1. The summed E-state index contributed by atoms with van der Waals surface area (Å²) in [6.45, 7) is 4.95. The molecule has 0 spiro atoms. The Morgan fingerprint density at radius 1 is 1.02 bits per heavy atom. The van der Waals surface area contributed by atoms with Crippen molar-refractivity contribution in [1.82, 2.24) is 10.2 Å². The molecule has 0 saturated carbocycles. The second-order valence-electron chi connectivity index (χ2n) is 10.1. The van der Waals surface area contributed by atoms with E-state index >= 15 is 0 Å². The number of amides is 4. The molecule has 0 aliphatic rings. The predicted octanol–water partition coefficient (Wildman–Crippen LogP) is 3.80. The Kier molecular flexibility index (Phi) is 9.35. The molecule has 5 N–H and O–H groups in total. The number of hydrogen-bond donors (Lipinski definition) is 4. The molecule has 0 saturated heterocycles. The van der Waals surface area contributed by atoms with E-state index in [2.05, 4.69) is 16.7 Å². The summed E-state index contributed by atoms with van der Waals surface area (Å²) in [7, 11) is 0. The van der Waals surface area contributed by atoms with Crippen LogP contribution >= 0.6 is 0 Å². The molecule has 208 valence electrons. The first-order chi connectivity index (χ1) is 18.9. The maximum absolute atomic E-state index is 13.7. The number of terminal acetylenes is 1. The zero-order valence-corrected chi connectivity index (χ0v) is 22.5. The topological polar surface area (TPSA) is 151 Å². The van der Waals surface area contributed by atoms with E-state index < -0.39 is 41.5 Å². The molecule has 10 nitrogen and oxygen atoms in total. The van der Waals surface area contributed by atoms with Gasteiger partial charge in [0.05, 0.1) is 0 Å². The van der Waals surface area contributed by atoms with Crippen LogP contribution in [0.5, 0.6) is 5.75 Å². The fourth-order valence-electron chi connectivity index (χ4n) is 3.98. The first-order valence-corrected chi connectivity index (χ1v) is 12.5. The van der Waals surface area contributed by atoms with Crippen LogP contribution in [0.2, 0.25) is 0 Å². The van der Waals surface area contributed by atoms with Crippen molar-refractivity contribution in [3.63, 3.8) is 0 Å². The highest BCUT2D eigenvalue weighted by atomic mass is 16.6. The maximum atomic E-state index is 13.7. The molecular formula is C30H32N4O6. The van der Waals surface area contributed by atoms with Crippen LogP contribution in [-0.4, -0.2) is 45.5 Å². The van der Waals surface area contributed by atoms with Crippen molar-refractivity contribution in [3.8, 4) is 18.2 Å². The normalized spacial score (nSPS) is 12.4. The second-order valence-corrected chi connectivity index (χ2v) is 10.1. The van der Waals surface area contributed by atoms with Crippen molar-refractivity contribution in [2.45, 2.75) is 51.3 Å². The third-order valence-corrected chi connectivity index (χ3v) is 5.78. The van der Waals surface area contributed by atoms with Gasteiger partial charge in [0.15, 0.2) is 0 Å². The molecule has 3 aromatic rings. The van der Waals surface area contributed by atoms with Gasteiger partial charge in [-0.2, -0.15) is 0 Å². The third kappa shape index (κ3) is 7.98. The minimum Gasteiger partial charge on any atom is -0.508 e. The zero-order valence-electron chi connectivity index (χ0n) is 22.5. The van der Waals surface area contributed by atoms with Crippen LogP contribution in [0.4, 0.5) is 10.5 Å². The lowest BCUT2D eigenvalue weighted by molar-refractivity contribution is -0.137. The molecule has 0 heterocycles. The summed E-state index contributed by atoms with van der Waals surface area (Å²) in [4.78, 5) is 52.3. The van der Waals surface area contributed by atoms with Gasteiger partial charge in [-0.05, 0) is 67.8 Å². The number of carbonyl (C=O) groups is 4. The number of hydrogen-bond acceptors (Lipinski definition) is 6. The quantitative estimate of drug-likeness (QED) is 0.238. The molecule has 3 rings (SSSR count). The number of primary amides is 1. The van der Waals surface area contributed by atoms with E-state index in [4.69, 9.17) is 16.9 Å². The molecule has 0 fully saturated rings. The zero-order chi connectivity index (χ0) is 29.4. The summed E-state index contributed by atoms with van der Waals surface area (Å²) in [5, 5.41) is 16.9. The van der Waals surface area contributed by atoms with Crippen molar-refractivity contribution in [1.29, 1.82) is 0 Å². The lowest BCUT2D eigenvalue weighted by Crippen LogP contribution is -2.51. The molecule has 4 amide bonds. The summed E-state index contributed by atoms with van der Waals surface area (Å²) >= 11 is 0. The molecule has 2 atom stereocenters. The van der Waals surface area contributed by atoms with Crippen LogP contribution < -0.4 is 16.4 Å². The van der Waals surface area contributed by atoms with Gasteiger partial charge >= 0.3 is 6.09 Å². The standard InChI is InChI=1S/C30H32N4O6/c1-5-34(28(38)24(16-17-25(31)36)33-29(39)40-30(2,3)4)26(20-11-14-23(35)15-12-20)27(37)32-22-13-10-19-8-6-7-9-21(19)18-22/h1,6-15,18,24,26,35H,16-17H2,2-4H3,(H2,31,36)(H,32,37)(H,33,39). The minimum absolute atomic E-state index is 0.0538. The van der Waals surface area contributed by atoms with E-state index in [1.807, 2.05) is 30.3 Å². The lowest BCUT2D eigenvalue weighted by Gasteiger charge is -2.30. The van der Waals surface area contributed by atoms with Gasteiger partial charge in [-0.15, -0.1) is 0 Å². The number of alkyl carbamates (subject to hydrolysis) is 1. The predicted molar refractivity (Wildman–Crippen MR) is 151 cm³/mol. The first-order valence-electron chi connectivity index (χ1n) is 12.5. The monoisotopic (exact) mass is 544 g/mol. The van der Waals surface area contributed by atoms with Crippen LogP contribution in [-0.2, 0) is 19.1 Å². The van der Waals surface area contributed by atoms with Crippen molar-refractivity contribution in [2.24, 2.45) is 5.73 Å². The first kappa shape index (κ1) is 29.5. The Morgan fingerprint density at radius 3 is 2.27 bits per heavy atom. The summed E-state index contributed by atoms with van der Waals surface area (Å²) in [6, 6.07) is 18.1. The number of carbonyl (C=O) groups excluding carboxylic acids is 4. The average Bonchev–Trinajstić information content (AvgIpc) is 2.88. The van der Waals surface area contributed by atoms with Gasteiger partial charge in [-0.1, -0.05) is 48.9 Å². The summed E-state index contributed by atoms with van der Waals surface area (Å²) in [5.41, 5.74) is 5.19. The molecule has 0 aromatic heterocycles. The minimum atomic E-state index is -1.36.